The fraction of sp³-hybridized carbons (Fsp3) is 0.368. The van der Waals surface area contributed by atoms with E-state index in [2.05, 4.69) is 20.9 Å². The lowest BCUT2D eigenvalue weighted by Crippen LogP contribution is -2.44. The first kappa shape index (κ1) is 19.4. The van der Waals surface area contributed by atoms with E-state index in [0.29, 0.717) is 31.4 Å². The maximum atomic E-state index is 11.7. The lowest BCUT2D eigenvalue weighted by atomic mass is 10.2. The first-order valence-corrected chi connectivity index (χ1v) is 8.58. The molecule has 0 fully saturated rings. The van der Waals surface area contributed by atoms with Crippen molar-refractivity contribution in [2.24, 2.45) is 4.99 Å². The summed E-state index contributed by atoms with van der Waals surface area (Å²) in [7, 11) is 1.70. The molecule has 0 spiro atoms. The van der Waals surface area contributed by atoms with Crippen LogP contribution in [-0.4, -0.2) is 44.7 Å². The van der Waals surface area contributed by atoms with Crippen LogP contribution in [0.4, 0.5) is 0 Å². The van der Waals surface area contributed by atoms with Crippen LogP contribution in [0.25, 0.3) is 0 Å². The van der Waals surface area contributed by atoms with Gasteiger partial charge in [0.2, 0.25) is 0 Å². The van der Waals surface area contributed by atoms with Crippen LogP contribution in [0.3, 0.4) is 0 Å². The molecular formula is C19H26N4O3. The van der Waals surface area contributed by atoms with Gasteiger partial charge in [-0.25, -0.2) is 0 Å². The molecule has 1 unspecified atom stereocenters. The molecule has 1 aromatic carbocycles. The molecule has 0 aliphatic carbocycles. The number of nitrogens with one attached hydrogen (secondary N) is 3. The van der Waals surface area contributed by atoms with E-state index < -0.39 is 0 Å². The number of hydrogen-bond donors (Lipinski definition) is 3. The van der Waals surface area contributed by atoms with Gasteiger partial charge in [0.1, 0.15) is 11.9 Å². The molecule has 26 heavy (non-hydrogen) atoms. The number of hydrogen-bond acceptors (Lipinski definition) is 4. The standard InChI is InChI=1S/C19H26N4O3/c1-14-7-4-5-8-16(14)26-15(2)13-23-19(20-3)22-11-10-21-18(24)17-9-6-12-25-17/h4-9,12,15H,10-11,13H2,1-3H3,(H,21,24)(H2,20,22,23). The molecule has 2 rings (SSSR count). The van der Waals surface area contributed by atoms with E-state index in [9.17, 15) is 4.79 Å². The van der Waals surface area contributed by atoms with Gasteiger partial charge < -0.3 is 25.1 Å². The minimum atomic E-state index is -0.236. The van der Waals surface area contributed by atoms with Crippen LogP contribution >= 0.6 is 0 Å². The van der Waals surface area contributed by atoms with Gasteiger partial charge in [0.25, 0.3) is 5.91 Å². The van der Waals surface area contributed by atoms with E-state index in [1.54, 1.807) is 19.2 Å². The van der Waals surface area contributed by atoms with E-state index in [4.69, 9.17) is 9.15 Å². The van der Waals surface area contributed by atoms with Crippen molar-refractivity contribution >= 4 is 11.9 Å². The summed E-state index contributed by atoms with van der Waals surface area (Å²) in [6.45, 7) is 5.62. The van der Waals surface area contributed by atoms with Crippen molar-refractivity contribution in [3.8, 4) is 5.75 Å². The molecule has 1 atom stereocenters. The Morgan fingerprint density at radius 2 is 1.92 bits per heavy atom. The minimum Gasteiger partial charge on any atom is -0.489 e. The second kappa shape index (κ2) is 10.1. The Hall–Kier alpha value is -2.96. The predicted molar refractivity (Wildman–Crippen MR) is 102 cm³/mol. The molecule has 0 aliphatic heterocycles. The molecule has 140 valence electrons. The van der Waals surface area contributed by atoms with Crippen LogP contribution in [0.5, 0.6) is 5.75 Å². The van der Waals surface area contributed by atoms with E-state index in [1.165, 1.54) is 6.26 Å². The third kappa shape index (κ3) is 6.16. The zero-order chi connectivity index (χ0) is 18.8. The fourth-order valence-corrected chi connectivity index (χ4v) is 2.26. The van der Waals surface area contributed by atoms with Gasteiger partial charge in [-0.2, -0.15) is 0 Å². The van der Waals surface area contributed by atoms with Crippen molar-refractivity contribution in [1.82, 2.24) is 16.0 Å². The molecular weight excluding hydrogens is 332 g/mol. The lowest BCUT2D eigenvalue weighted by Gasteiger charge is -2.18. The van der Waals surface area contributed by atoms with Crippen LogP contribution in [0.1, 0.15) is 23.0 Å². The fourth-order valence-electron chi connectivity index (χ4n) is 2.26. The van der Waals surface area contributed by atoms with Gasteiger partial charge in [0, 0.05) is 20.1 Å². The number of nitrogens with zero attached hydrogens (tertiary/aromatic N) is 1. The van der Waals surface area contributed by atoms with Crippen molar-refractivity contribution in [2.75, 3.05) is 26.7 Å². The maximum absolute atomic E-state index is 11.7. The summed E-state index contributed by atoms with van der Waals surface area (Å²) in [5.41, 5.74) is 1.11. The summed E-state index contributed by atoms with van der Waals surface area (Å²) in [5.74, 6) is 1.59. The molecule has 2 aromatic rings. The van der Waals surface area contributed by atoms with Crippen molar-refractivity contribution in [2.45, 2.75) is 20.0 Å². The SMILES string of the molecule is CN=C(NCCNC(=O)c1ccco1)NCC(C)Oc1ccccc1C. The Balaban J connectivity index is 1.66. The van der Waals surface area contributed by atoms with Gasteiger partial charge in [-0.15, -0.1) is 0 Å². The summed E-state index contributed by atoms with van der Waals surface area (Å²) in [6, 6.07) is 11.2. The summed E-state index contributed by atoms with van der Waals surface area (Å²) in [6.07, 6.45) is 1.45. The number of furan rings is 1. The number of para-hydroxylation sites is 1. The van der Waals surface area contributed by atoms with Gasteiger partial charge in [-0.1, -0.05) is 18.2 Å². The molecule has 0 saturated carbocycles. The highest BCUT2D eigenvalue weighted by molar-refractivity contribution is 5.91. The highest BCUT2D eigenvalue weighted by Gasteiger charge is 2.08. The Kier molecular flexibility index (Phi) is 7.54. The van der Waals surface area contributed by atoms with Crippen LogP contribution < -0.4 is 20.7 Å². The minimum absolute atomic E-state index is 0.0201. The monoisotopic (exact) mass is 358 g/mol. The molecule has 0 bridgehead atoms. The molecule has 1 heterocycles. The van der Waals surface area contributed by atoms with Crippen LogP contribution in [0.2, 0.25) is 0 Å². The third-order valence-corrected chi connectivity index (χ3v) is 3.65. The lowest BCUT2D eigenvalue weighted by molar-refractivity contribution is 0.0926. The zero-order valence-electron chi connectivity index (χ0n) is 15.4. The van der Waals surface area contributed by atoms with E-state index >= 15 is 0 Å². The summed E-state index contributed by atoms with van der Waals surface area (Å²) in [5, 5.41) is 9.11. The number of carbonyl (C=O) groups is 1. The largest absolute Gasteiger partial charge is 0.489 e. The first-order valence-electron chi connectivity index (χ1n) is 8.58. The molecule has 0 aliphatic rings. The van der Waals surface area contributed by atoms with Crippen LogP contribution in [0, 0.1) is 6.92 Å². The number of aliphatic imine (C=N–C) groups is 1. The van der Waals surface area contributed by atoms with Crippen molar-refractivity contribution in [1.29, 1.82) is 0 Å². The Bertz CT molecular complexity index is 713. The zero-order valence-corrected chi connectivity index (χ0v) is 15.4. The van der Waals surface area contributed by atoms with Crippen LogP contribution in [-0.2, 0) is 0 Å². The van der Waals surface area contributed by atoms with Gasteiger partial charge >= 0.3 is 0 Å². The number of carbonyl (C=O) groups excluding carboxylic acids is 1. The Morgan fingerprint density at radius 1 is 1.15 bits per heavy atom. The second-order valence-electron chi connectivity index (χ2n) is 5.81. The molecule has 7 nitrogen and oxygen atoms in total. The maximum Gasteiger partial charge on any atom is 0.287 e. The topological polar surface area (TPSA) is 87.9 Å². The summed E-state index contributed by atoms with van der Waals surface area (Å²) < 4.78 is 11.0. The van der Waals surface area contributed by atoms with Crippen molar-refractivity contribution in [3.63, 3.8) is 0 Å². The molecule has 0 saturated heterocycles. The number of amides is 1. The van der Waals surface area contributed by atoms with Gasteiger partial charge in [0.05, 0.1) is 12.8 Å². The van der Waals surface area contributed by atoms with Gasteiger partial charge in [-0.3, -0.25) is 9.79 Å². The van der Waals surface area contributed by atoms with E-state index in [-0.39, 0.29) is 12.0 Å². The van der Waals surface area contributed by atoms with Gasteiger partial charge in [-0.05, 0) is 37.6 Å². The third-order valence-electron chi connectivity index (χ3n) is 3.65. The second-order valence-corrected chi connectivity index (χ2v) is 5.81. The molecule has 1 amide bonds. The normalized spacial score (nSPS) is 12.3. The van der Waals surface area contributed by atoms with Crippen molar-refractivity contribution < 1.29 is 13.9 Å². The molecule has 7 heteroatoms. The summed E-state index contributed by atoms with van der Waals surface area (Å²) >= 11 is 0. The smallest absolute Gasteiger partial charge is 0.287 e. The highest BCUT2D eigenvalue weighted by Crippen LogP contribution is 2.17. The number of guanidine groups is 1. The van der Waals surface area contributed by atoms with Crippen LogP contribution in [0.15, 0.2) is 52.1 Å². The van der Waals surface area contributed by atoms with Gasteiger partial charge in [0.15, 0.2) is 11.7 Å². The van der Waals surface area contributed by atoms with Crippen molar-refractivity contribution in [3.05, 3.63) is 54.0 Å². The number of rotatable bonds is 8. The number of ether oxygens (including phenoxy) is 1. The number of aryl methyl sites for hydroxylation is 1. The molecule has 1 aromatic heterocycles. The molecule has 3 N–H and O–H groups in total. The average molecular weight is 358 g/mol. The van der Waals surface area contributed by atoms with E-state index in [1.807, 2.05) is 38.1 Å². The predicted octanol–water partition coefficient (Wildman–Crippen LogP) is 1.95. The Labute approximate surface area is 153 Å². The Morgan fingerprint density at radius 3 is 2.62 bits per heavy atom. The highest BCUT2D eigenvalue weighted by atomic mass is 16.5. The van der Waals surface area contributed by atoms with E-state index in [0.717, 1.165) is 11.3 Å². The quantitative estimate of drug-likeness (QED) is 0.381. The summed E-state index contributed by atoms with van der Waals surface area (Å²) in [4.78, 5) is 15.9. The molecule has 0 radical (unpaired) electrons. The first-order chi connectivity index (χ1) is 12.6. The average Bonchev–Trinajstić information content (AvgIpc) is 3.17. The number of benzene rings is 1.